The molecule has 4 nitrogen and oxygen atoms in total. The van der Waals surface area contributed by atoms with Crippen molar-refractivity contribution in [3.8, 4) is 0 Å². The van der Waals surface area contributed by atoms with E-state index in [1.54, 1.807) is 0 Å². The molecule has 1 unspecified atom stereocenters. The second kappa shape index (κ2) is 5.64. The summed E-state index contributed by atoms with van der Waals surface area (Å²) < 4.78 is 5.31. The lowest BCUT2D eigenvalue weighted by atomic mass is 9.95. The van der Waals surface area contributed by atoms with Crippen molar-refractivity contribution in [2.24, 2.45) is 16.1 Å². The van der Waals surface area contributed by atoms with Crippen molar-refractivity contribution in [1.29, 1.82) is 0 Å². The van der Waals surface area contributed by atoms with E-state index in [-0.39, 0.29) is 11.5 Å². The maximum absolute atomic E-state index is 5.96. The summed E-state index contributed by atoms with van der Waals surface area (Å²) in [6.45, 7) is 13.1. The fourth-order valence-electron chi connectivity index (χ4n) is 1.63. The zero-order valence-electron chi connectivity index (χ0n) is 11.0. The molecule has 1 rings (SSSR count). The Balaban J connectivity index is 2.42. The molecule has 1 aliphatic rings. The summed E-state index contributed by atoms with van der Waals surface area (Å²) in [5.41, 5.74) is 5.94. The Hall–Kier alpha value is -0.610. The van der Waals surface area contributed by atoms with Gasteiger partial charge in [-0.2, -0.15) is 0 Å². The highest BCUT2D eigenvalue weighted by Gasteiger charge is 2.18. The van der Waals surface area contributed by atoms with Crippen molar-refractivity contribution < 1.29 is 4.74 Å². The summed E-state index contributed by atoms with van der Waals surface area (Å²) in [4.78, 5) is 6.94. The van der Waals surface area contributed by atoms with Crippen LogP contribution in [-0.4, -0.2) is 49.6 Å². The molecule has 0 saturated carbocycles. The molecule has 0 aromatic rings. The molecule has 1 atom stereocenters. The molecule has 1 aliphatic heterocycles. The van der Waals surface area contributed by atoms with Gasteiger partial charge in [0.15, 0.2) is 0 Å². The van der Waals surface area contributed by atoms with Crippen molar-refractivity contribution in [3.05, 3.63) is 0 Å². The van der Waals surface area contributed by atoms with Crippen LogP contribution >= 0.6 is 0 Å². The third kappa shape index (κ3) is 4.49. The van der Waals surface area contributed by atoms with Gasteiger partial charge < -0.3 is 10.5 Å². The predicted molar refractivity (Wildman–Crippen MR) is 67.8 cm³/mol. The van der Waals surface area contributed by atoms with E-state index in [1.807, 2.05) is 0 Å². The van der Waals surface area contributed by atoms with Gasteiger partial charge in [-0.25, -0.2) is 0 Å². The zero-order valence-corrected chi connectivity index (χ0v) is 11.0. The van der Waals surface area contributed by atoms with Gasteiger partial charge >= 0.3 is 0 Å². The van der Waals surface area contributed by atoms with Gasteiger partial charge in [-0.05, 0) is 6.92 Å². The first-order valence-corrected chi connectivity index (χ1v) is 6.03. The van der Waals surface area contributed by atoms with Crippen LogP contribution in [0.1, 0.15) is 27.7 Å². The van der Waals surface area contributed by atoms with Crippen molar-refractivity contribution in [3.63, 3.8) is 0 Å². The largest absolute Gasteiger partial charge is 0.387 e. The number of hydrogen-bond donors (Lipinski definition) is 1. The fourth-order valence-corrected chi connectivity index (χ4v) is 1.63. The molecule has 2 N–H and O–H groups in total. The highest BCUT2D eigenvalue weighted by Crippen LogP contribution is 2.13. The summed E-state index contributed by atoms with van der Waals surface area (Å²) in [6.07, 6.45) is 0. The Bertz CT molecular complexity index is 239. The van der Waals surface area contributed by atoms with Crippen LogP contribution in [0.25, 0.3) is 0 Å². The molecule has 94 valence electrons. The van der Waals surface area contributed by atoms with E-state index in [4.69, 9.17) is 10.5 Å². The molecule has 0 aromatic carbocycles. The first kappa shape index (κ1) is 13.5. The predicted octanol–water partition coefficient (Wildman–Crippen LogP) is 1.11. The van der Waals surface area contributed by atoms with E-state index in [2.05, 4.69) is 37.6 Å². The van der Waals surface area contributed by atoms with Gasteiger partial charge in [0.05, 0.1) is 25.1 Å². The van der Waals surface area contributed by atoms with E-state index in [1.165, 1.54) is 0 Å². The van der Waals surface area contributed by atoms with Gasteiger partial charge in [-0.15, -0.1) is 0 Å². The third-order valence-electron chi connectivity index (χ3n) is 2.75. The SMILES string of the molecule is CC(CN1CCOCC1)N=C(N)C(C)(C)C. The van der Waals surface area contributed by atoms with Crippen molar-refractivity contribution in [1.82, 2.24) is 4.90 Å². The van der Waals surface area contributed by atoms with Gasteiger partial charge in [0, 0.05) is 25.0 Å². The lowest BCUT2D eigenvalue weighted by Crippen LogP contribution is -2.40. The van der Waals surface area contributed by atoms with Gasteiger partial charge in [0.1, 0.15) is 0 Å². The molecule has 0 aliphatic carbocycles. The van der Waals surface area contributed by atoms with Crippen LogP contribution in [0.4, 0.5) is 0 Å². The van der Waals surface area contributed by atoms with Gasteiger partial charge in [-0.1, -0.05) is 20.8 Å². The van der Waals surface area contributed by atoms with E-state index in [0.717, 1.165) is 38.7 Å². The zero-order chi connectivity index (χ0) is 12.2. The van der Waals surface area contributed by atoms with Crippen LogP contribution < -0.4 is 5.73 Å². The number of amidine groups is 1. The minimum Gasteiger partial charge on any atom is -0.387 e. The topological polar surface area (TPSA) is 50.8 Å². The molecule has 0 aromatic heterocycles. The van der Waals surface area contributed by atoms with Crippen molar-refractivity contribution >= 4 is 5.84 Å². The molecular formula is C12H25N3O. The molecule has 0 bridgehead atoms. The highest BCUT2D eigenvalue weighted by molar-refractivity contribution is 5.85. The molecule has 4 heteroatoms. The molecule has 1 heterocycles. The first-order valence-electron chi connectivity index (χ1n) is 6.03. The Morgan fingerprint density at radius 3 is 2.44 bits per heavy atom. The highest BCUT2D eigenvalue weighted by atomic mass is 16.5. The Kier molecular flexibility index (Phi) is 4.74. The van der Waals surface area contributed by atoms with E-state index < -0.39 is 0 Å². The maximum atomic E-state index is 5.96. The van der Waals surface area contributed by atoms with Crippen LogP contribution in [0.2, 0.25) is 0 Å². The lowest BCUT2D eigenvalue weighted by Gasteiger charge is -2.28. The summed E-state index contributed by atoms with van der Waals surface area (Å²) in [5, 5.41) is 0. The van der Waals surface area contributed by atoms with E-state index >= 15 is 0 Å². The number of aliphatic imine (C=N–C) groups is 1. The molecule has 0 amide bonds. The van der Waals surface area contributed by atoms with Gasteiger partial charge in [0.25, 0.3) is 0 Å². The standard InChI is InChI=1S/C12H25N3O/c1-10(14-11(13)12(2,3)4)9-15-5-7-16-8-6-15/h10H,5-9H2,1-4H3,(H2,13,14). The minimum atomic E-state index is -0.0285. The second-order valence-electron chi connectivity index (χ2n) is 5.53. The summed E-state index contributed by atoms with van der Waals surface area (Å²) in [6, 6.07) is 0.261. The van der Waals surface area contributed by atoms with Crippen LogP contribution in [0.15, 0.2) is 4.99 Å². The maximum Gasteiger partial charge on any atom is 0.0995 e. The first-order chi connectivity index (χ1) is 7.39. The third-order valence-corrected chi connectivity index (χ3v) is 2.75. The number of nitrogens with zero attached hydrogens (tertiary/aromatic N) is 2. The average molecular weight is 227 g/mol. The summed E-state index contributed by atoms with van der Waals surface area (Å²) >= 11 is 0. The summed E-state index contributed by atoms with van der Waals surface area (Å²) in [5.74, 6) is 0.744. The second-order valence-corrected chi connectivity index (χ2v) is 5.53. The lowest BCUT2D eigenvalue weighted by molar-refractivity contribution is 0.0361. The van der Waals surface area contributed by atoms with Crippen LogP contribution in [0.3, 0.4) is 0 Å². The Labute approximate surface area is 98.9 Å². The average Bonchev–Trinajstić information content (AvgIpc) is 2.17. The fraction of sp³-hybridized carbons (Fsp3) is 0.917. The van der Waals surface area contributed by atoms with Crippen LogP contribution in [-0.2, 0) is 4.74 Å². The number of nitrogens with two attached hydrogens (primary N) is 1. The van der Waals surface area contributed by atoms with Crippen molar-refractivity contribution in [2.75, 3.05) is 32.8 Å². The molecular weight excluding hydrogens is 202 g/mol. The molecule has 0 radical (unpaired) electrons. The molecule has 0 spiro atoms. The molecule has 1 saturated heterocycles. The van der Waals surface area contributed by atoms with Crippen molar-refractivity contribution in [2.45, 2.75) is 33.7 Å². The minimum absolute atomic E-state index is 0.0285. The normalized spacial score (nSPS) is 22.1. The number of rotatable bonds is 3. The number of morpholine rings is 1. The van der Waals surface area contributed by atoms with Crippen LogP contribution in [0, 0.1) is 5.41 Å². The van der Waals surface area contributed by atoms with Gasteiger partial charge in [0.2, 0.25) is 0 Å². The monoisotopic (exact) mass is 227 g/mol. The molecule has 16 heavy (non-hydrogen) atoms. The number of hydrogen-bond acceptors (Lipinski definition) is 3. The van der Waals surface area contributed by atoms with Crippen LogP contribution in [0.5, 0.6) is 0 Å². The smallest absolute Gasteiger partial charge is 0.0995 e. The Morgan fingerprint density at radius 1 is 1.38 bits per heavy atom. The Morgan fingerprint density at radius 2 is 1.94 bits per heavy atom. The molecule has 1 fully saturated rings. The van der Waals surface area contributed by atoms with Gasteiger partial charge in [-0.3, -0.25) is 9.89 Å². The van der Waals surface area contributed by atoms with E-state index in [0.29, 0.717) is 0 Å². The number of ether oxygens (including phenoxy) is 1. The quantitative estimate of drug-likeness (QED) is 0.580. The summed E-state index contributed by atoms with van der Waals surface area (Å²) in [7, 11) is 0. The van der Waals surface area contributed by atoms with E-state index in [9.17, 15) is 0 Å².